The third-order valence-electron chi connectivity index (χ3n) is 4.53. The lowest BCUT2D eigenvalue weighted by Crippen LogP contribution is -2.37. The van der Waals surface area contributed by atoms with Crippen LogP contribution in [0.1, 0.15) is 17.5 Å². The number of halogens is 1. The Labute approximate surface area is 169 Å². The Balaban J connectivity index is 1.47. The molecule has 0 unspecified atom stereocenters. The number of hydrogen-bond donors (Lipinski definition) is 2. The second-order valence-electron chi connectivity index (χ2n) is 6.48. The molecule has 1 heterocycles. The van der Waals surface area contributed by atoms with Gasteiger partial charge in [0.05, 0.1) is 17.4 Å². The van der Waals surface area contributed by atoms with Gasteiger partial charge in [0, 0.05) is 32.4 Å². The Hall–Kier alpha value is -2.54. The van der Waals surface area contributed by atoms with Crippen molar-refractivity contribution in [3.05, 3.63) is 65.7 Å². The summed E-state index contributed by atoms with van der Waals surface area (Å²) >= 11 is 1.69. The van der Waals surface area contributed by atoms with Crippen molar-refractivity contribution < 1.29 is 4.39 Å². The number of nitrogens with zero attached hydrogens (tertiary/aromatic N) is 3. The first-order valence-corrected chi connectivity index (χ1v) is 10.7. The average molecular weight is 400 g/mol. The van der Waals surface area contributed by atoms with Gasteiger partial charge in [0.15, 0.2) is 5.96 Å². The highest BCUT2D eigenvalue weighted by molar-refractivity contribution is 7.97. The molecule has 0 spiro atoms. The van der Waals surface area contributed by atoms with Crippen molar-refractivity contribution in [3.63, 3.8) is 0 Å². The van der Waals surface area contributed by atoms with Crippen LogP contribution in [0, 0.1) is 5.82 Å². The molecule has 1 aromatic heterocycles. The molecule has 0 atom stereocenters. The first kappa shape index (κ1) is 20.2. The first-order chi connectivity index (χ1) is 13.7. The molecular formula is C21H26FN5S. The highest BCUT2D eigenvalue weighted by atomic mass is 32.2. The second-order valence-corrected chi connectivity index (χ2v) is 7.34. The van der Waals surface area contributed by atoms with Crippen LogP contribution in [0.3, 0.4) is 0 Å². The lowest BCUT2D eigenvalue weighted by Gasteiger charge is -2.14. The van der Waals surface area contributed by atoms with E-state index in [2.05, 4.69) is 31.2 Å². The van der Waals surface area contributed by atoms with Gasteiger partial charge in [-0.1, -0.05) is 18.2 Å². The highest BCUT2D eigenvalue weighted by Gasteiger charge is 2.06. The largest absolute Gasteiger partial charge is 0.356 e. The van der Waals surface area contributed by atoms with Crippen LogP contribution in [0.4, 0.5) is 4.39 Å². The molecule has 0 fully saturated rings. The fourth-order valence-electron chi connectivity index (χ4n) is 3.10. The molecule has 0 radical (unpaired) electrons. The van der Waals surface area contributed by atoms with Crippen LogP contribution >= 0.6 is 11.8 Å². The van der Waals surface area contributed by atoms with Crippen molar-refractivity contribution in [1.29, 1.82) is 0 Å². The Morgan fingerprint density at radius 2 is 2.04 bits per heavy atom. The van der Waals surface area contributed by atoms with Gasteiger partial charge in [-0.3, -0.25) is 4.99 Å². The molecular weight excluding hydrogens is 373 g/mol. The van der Waals surface area contributed by atoms with Gasteiger partial charge in [-0.15, -0.1) is 0 Å². The molecule has 5 nitrogen and oxygen atoms in total. The van der Waals surface area contributed by atoms with Gasteiger partial charge in [-0.05, 0) is 48.1 Å². The normalized spacial score (nSPS) is 11.8. The number of guanidine groups is 1. The molecule has 148 valence electrons. The fraction of sp³-hybridized carbons (Fsp3) is 0.333. The third kappa shape index (κ3) is 5.25. The van der Waals surface area contributed by atoms with E-state index in [1.165, 1.54) is 6.07 Å². The lowest BCUT2D eigenvalue weighted by molar-refractivity contribution is 0.624. The first-order valence-electron chi connectivity index (χ1n) is 9.32. The maximum Gasteiger partial charge on any atom is 0.191 e. The number of aromatic nitrogens is 2. The summed E-state index contributed by atoms with van der Waals surface area (Å²) in [5.74, 6) is 1.34. The zero-order chi connectivity index (χ0) is 19.8. The lowest BCUT2D eigenvalue weighted by atomic mass is 10.1. The summed E-state index contributed by atoms with van der Waals surface area (Å²) in [4.78, 5) is 8.70. The maximum absolute atomic E-state index is 13.5. The molecule has 28 heavy (non-hydrogen) atoms. The monoisotopic (exact) mass is 399 g/mol. The van der Waals surface area contributed by atoms with Gasteiger partial charge >= 0.3 is 0 Å². The van der Waals surface area contributed by atoms with Crippen LogP contribution in [0.5, 0.6) is 0 Å². The standard InChI is InChI=1S/C21H26FN5S/c1-23-21(25-13-16-8-9-18(22)12-17(16)14-28-2)24-10-5-11-27-15-26-19-6-3-4-7-20(19)27/h3-4,6-9,12,15H,5,10-11,13-14H2,1-2H3,(H2,23,24,25). The minimum Gasteiger partial charge on any atom is -0.356 e. The smallest absolute Gasteiger partial charge is 0.191 e. The van der Waals surface area contributed by atoms with E-state index in [9.17, 15) is 4.39 Å². The molecule has 3 rings (SSSR count). The van der Waals surface area contributed by atoms with E-state index < -0.39 is 0 Å². The minimum absolute atomic E-state index is 0.192. The SMILES string of the molecule is CN=C(NCCCn1cnc2ccccc21)NCc1ccc(F)cc1CSC. The Morgan fingerprint density at radius 1 is 1.18 bits per heavy atom. The molecule has 2 aromatic carbocycles. The third-order valence-corrected chi connectivity index (χ3v) is 5.13. The van der Waals surface area contributed by atoms with Gasteiger partial charge in [-0.25, -0.2) is 9.37 Å². The molecule has 7 heteroatoms. The number of aryl methyl sites for hydroxylation is 1. The van der Waals surface area contributed by atoms with Crippen molar-refractivity contribution in [1.82, 2.24) is 20.2 Å². The predicted molar refractivity (Wildman–Crippen MR) is 116 cm³/mol. The highest BCUT2D eigenvalue weighted by Crippen LogP contribution is 2.16. The van der Waals surface area contributed by atoms with E-state index in [0.717, 1.165) is 53.4 Å². The van der Waals surface area contributed by atoms with E-state index in [4.69, 9.17) is 0 Å². The zero-order valence-electron chi connectivity index (χ0n) is 16.3. The quantitative estimate of drug-likeness (QED) is 0.344. The number of aliphatic imine (C=N–C) groups is 1. The average Bonchev–Trinajstić information content (AvgIpc) is 3.12. The van der Waals surface area contributed by atoms with Crippen molar-refractivity contribution in [2.45, 2.75) is 25.3 Å². The molecule has 2 N–H and O–H groups in total. The van der Waals surface area contributed by atoms with Crippen LogP contribution in [0.2, 0.25) is 0 Å². The van der Waals surface area contributed by atoms with E-state index in [1.807, 2.05) is 36.8 Å². The Morgan fingerprint density at radius 3 is 2.86 bits per heavy atom. The summed E-state index contributed by atoms with van der Waals surface area (Å²) in [6.07, 6.45) is 4.86. The second kappa shape index (κ2) is 10.1. The van der Waals surface area contributed by atoms with Crippen LogP contribution in [0.15, 0.2) is 53.8 Å². The maximum atomic E-state index is 13.5. The molecule has 0 saturated carbocycles. The van der Waals surface area contributed by atoms with Gasteiger partial charge < -0.3 is 15.2 Å². The number of imidazole rings is 1. The number of thioether (sulfide) groups is 1. The van der Waals surface area contributed by atoms with Gasteiger partial charge in [-0.2, -0.15) is 11.8 Å². The number of benzene rings is 2. The number of hydrogen-bond acceptors (Lipinski definition) is 3. The van der Waals surface area contributed by atoms with Gasteiger partial charge in [0.1, 0.15) is 5.82 Å². The molecule has 0 bridgehead atoms. The summed E-state index contributed by atoms with van der Waals surface area (Å²) in [6, 6.07) is 13.1. The number of fused-ring (bicyclic) bond motifs is 1. The fourth-order valence-corrected chi connectivity index (χ4v) is 3.68. The summed E-state index contributed by atoms with van der Waals surface area (Å²) in [6.45, 7) is 2.30. The molecule has 3 aromatic rings. The van der Waals surface area contributed by atoms with Crippen LogP contribution in [0.25, 0.3) is 11.0 Å². The van der Waals surface area contributed by atoms with Gasteiger partial charge in [0.25, 0.3) is 0 Å². The summed E-state index contributed by atoms with van der Waals surface area (Å²) in [7, 11) is 1.76. The number of para-hydroxylation sites is 2. The van der Waals surface area contributed by atoms with Crippen LogP contribution < -0.4 is 10.6 Å². The van der Waals surface area contributed by atoms with Crippen molar-refractivity contribution in [2.75, 3.05) is 19.8 Å². The molecule has 0 aliphatic heterocycles. The molecule has 0 aliphatic rings. The molecule has 0 saturated heterocycles. The minimum atomic E-state index is -0.192. The van der Waals surface area contributed by atoms with Crippen molar-refractivity contribution in [3.8, 4) is 0 Å². The summed E-state index contributed by atoms with van der Waals surface area (Å²) < 4.78 is 15.7. The van der Waals surface area contributed by atoms with E-state index in [1.54, 1.807) is 24.9 Å². The number of rotatable bonds is 8. The summed E-state index contributed by atoms with van der Waals surface area (Å²) in [5, 5.41) is 6.65. The van der Waals surface area contributed by atoms with Crippen molar-refractivity contribution in [2.24, 2.45) is 4.99 Å². The molecule has 0 aliphatic carbocycles. The molecule has 0 amide bonds. The van der Waals surface area contributed by atoms with E-state index in [0.29, 0.717) is 6.54 Å². The topological polar surface area (TPSA) is 54.2 Å². The van der Waals surface area contributed by atoms with Crippen LogP contribution in [-0.2, 0) is 18.8 Å². The Bertz CT molecular complexity index is 937. The van der Waals surface area contributed by atoms with Crippen molar-refractivity contribution >= 4 is 28.8 Å². The van der Waals surface area contributed by atoms with E-state index in [-0.39, 0.29) is 5.82 Å². The van der Waals surface area contributed by atoms with Gasteiger partial charge in [0.2, 0.25) is 0 Å². The van der Waals surface area contributed by atoms with Crippen LogP contribution in [-0.4, -0.2) is 35.4 Å². The van der Waals surface area contributed by atoms with E-state index >= 15 is 0 Å². The Kier molecular flexibility index (Phi) is 7.31. The number of nitrogens with one attached hydrogen (secondary N) is 2. The summed E-state index contributed by atoms with van der Waals surface area (Å²) in [5.41, 5.74) is 4.28. The predicted octanol–water partition coefficient (Wildman–Crippen LogP) is 3.79. The zero-order valence-corrected chi connectivity index (χ0v) is 17.1.